The minimum absolute atomic E-state index is 0.303. The highest BCUT2D eigenvalue weighted by Gasteiger charge is 2.44. The Hall–Kier alpha value is -0.530. The van der Waals surface area contributed by atoms with Crippen molar-refractivity contribution in [3.05, 3.63) is 0 Å². The Morgan fingerprint density at radius 1 is 1.15 bits per heavy atom. The molecule has 1 heterocycles. The summed E-state index contributed by atoms with van der Waals surface area (Å²) in [5, 5.41) is 0. The minimum Gasteiger partial charge on any atom is -0.340 e. The van der Waals surface area contributed by atoms with Gasteiger partial charge in [0.1, 0.15) is 0 Å². The Morgan fingerprint density at radius 3 is 2.08 bits per heavy atom. The Labute approximate surface area is 81.3 Å². The van der Waals surface area contributed by atoms with E-state index < -0.39 is 0 Å². The molecule has 76 valence electrons. The second-order valence-electron chi connectivity index (χ2n) is 3.88. The fraction of sp³-hybridized carbons (Fsp3) is 0.909. The monoisotopic (exact) mass is 183 g/mol. The van der Waals surface area contributed by atoms with Crippen LogP contribution in [0.1, 0.15) is 52.4 Å². The molecule has 2 nitrogen and oxygen atoms in total. The third kappa shape index (κ3) is 1.72. The number of carbonyl (C=O) groups excluding carboxylic acids is 1. The maximum Gasteiger partial charge on any atom is 0.222 e. The van der Waals surface area contributed by atoms with Crippen LogP contribution in [0.3, 0.4) is 0 Å². The van der Waals surface area contributed by atoms with Crippen molar-refractivity contribution >= 4 is 5.91 Å². The van der Waals surface area contributed by atoms with Gasteiger partial charge in [-0.1, -0.05) is 26.7 Å². The second kappa shape index (κ2) is 4.12. The highest BCUT2D eigenvalue weighted by molar-refractivity contribution is 5.79. The van der Waals surface area contributed by atoms with Crippen molar-refractivity contribution in [1.82, 2.24) is 4.90 Å². The van der Waals surface area contributed by atoms with Crippen LogP contribution >= 0.6 is 0 Å². The zero-order valence-corrected chi connectivity index (χ0v) is 9.10. The van der Waals surface area contributed by atoms with Crippen molar-refractivity contribution in [3.8, 4) is 0 Å². The summed E-state index contributed by atoms with van der Waals surface area (Å²) < 4.78 is 0. The van der Waals surface area contributed by atoms with Crippen LogP contribution in [-0.4, -0.2) is 23.4 Å². The number of hydrogen-bond donors (Lipinski definition) is 0. The quantitative estimate of drug-likeness (QED) is 0.565. The standard InChI is InChI=1S/C9H15NO.C2H6/c1-10-8(11)4-7-9(10)5-2-3-6-9;1-2/h2-7H2,1H3;1-2H3. The van der Waals surface area contributed by atoms with Crippen molar-refractivity contribution in [2.75, 3.05) is 7.05 Å². The molecule has 0 N–H and O–H groups in total. The van der Waals surface area contributed by atoms with E-state index in [0.29, 0.717) is 11.4 Å². The molecule has 1 aliphatic carbocycles. The molecule has 13 heavy (non-hydrogen) atoms. The largest absolute Gasteiger partial charge is 0.340 e. The number of carbonyl (C=O) groups is 1. The van der Waals surface area contributed by atoms with Crippen LogP contribution in [0, 0.1) is 0 Å². The third-order valence-electron chi connectivity index (χ3n) is 3.42. The Morgan fingerprint density at radius 2 is 1.69 bits per heavy atom. The van der Waals surface area contributed by atoms with Crippen molar-refractivity contribution in [3.63, 3.8) is 0 Å². The fourth-order valence-electron chi connectivity index (χ4n) is 2.56. The van der Waals surface area contributed by atoms with E-state index in [9.17, 15) is 4.79 Å². The van der Waals surface area contributed by atoms with Crippen molar-refractivity contribution in [1.29, 1.82) is 0 Å². The summed E-state index contributed by atoms with van der Waals surface area (Å²) in [4.78, 5) is 13.3. The summed E-state index contributed by atoms with van der Waals surface area (Å²) in [5.74, 6) is 0.354. The average Bonchev–Trinajstić information content (AvgIpc) is 2.74. The van der Waals surface area contributed by atoms with Gasteiger partial charge in [-0.3, -0.25) is 4.79 Å². The van der Waals surface area contributed by atoms with Crippen molar-refractivity contribution < 1.29 is 4.79 Å². The molecular formula is C11H21NO. The van der Waals surface area contributed by atoms with Crippen LogP contribution in [0.25, 0.3) is 0 Å². The summed E-state index contributed by atoms with van der Waals surface area (Å²) in [7, 11) is 1.97. The van der Waals surface area contributed by atoms with Crippen LogP contribution in [-0.2, 0) is 4.79 Å². The molecule has 1 amide bonds. The zero-order valence-electron chi connectivity index (χ0n) is 9.10. The molecule has 2 aliphatic rings. The molecule has 2 fully saturated rings. The van der Waals surface area contributed by atoms with Crippen LogP contribution < -0.4 is 0 Å². The van der Waals surface area contributed by atoms with Gasteiger partial charge in [0.15, 0.2) is 0 Å². The predicted molar refractivity (Wildman–Crippen MR) is 54.6 cm³/mol. The zero-order chi connectivity index (χ0) is 9.90. The van der Waals surface area contributed by atoms with Gasteiger partial charge in [-0.25, -0.2) is 0 Å². The summed E-state index contributed by atoms with van der Waals surface area (Å²) in [5.41, 5.74) is 0.303. The first-order valence-corrected chi connectivity index (χ1v) is 5.51. The smallest absolute Gasteiger partial charge is 0.222 e. The third-order valence-corrected chi connectivity index (χ3v) is 3.42. The molecule has 0 aromatic carbocycles. The summed E-state index contributed by atoms with van der Waals surface area (Å²) in [6.45, 7) is 4.00. The Balaban J connectivity index is 0.000000396. The van der Waals surface area contributed by atoms with Gasteiger partial charge in [-0.2, -0.15) is 0 Å². The molecule has 1 saturated carbocycles. The molecule has 2 heteroatoms. The molecule has 0 aromatic heterocycles. The van der Waals surface area contributed by atoms with E-state index in [1.54, 1.807) is 0 Å². The predicted octanol–water partition coefficient (Wildman–Crippen LogP) is 2.58. The van der Waals surface area contributed by atoms with Gasteiger partial charge in [0.25, 0.3) is 0 Å². The molecule has 0 aromatic rings. The van der Waals surface area contributed by atoms with Crippen molar-refractivity contribution in [2.45, 2.75) is 57.9 Å². The lowest BCUT2D eigenvalue weighted by Crippen LogP contribution is -2.40. The van der Waals surface area contributed by atoms with E-state index in [1.807, 2.05) is 25.8 Å². The number of amides is 1. The van der Waals surface area contributed by atoms with Crippen molar-refractivity contribution in [2.24, 2.45) is 0 Å². The van der Waals surface area contributed by atoms with Gasteiger partial charge >= 0.3 is 0 Å². The van der Waals surface area contributed by atoms with E-state index >= 15 is 0 Å². The fourth-order valence-corrected chi connectivity index (χ4v) is 2.56. The molecular weight excluding hydrogens is 162 g/mol. The van der Waals surface area contributed by atoms with Crippen LogP contribution in [0.4, 0.5) is 0 Å². The van der Waals surface area contributed by atoms with Gasteiger partial charge in [-0.05, 0) is 19.3 Å². The molecule has 0 radical (unpaired) electrons. The molecule has 1 spiro atoms. The van der Waals surface area contributed by atoms with Gasteiger partial charge in [0.2, 0.25) is 5.91 Å². The molecule has 1 saturated heterocycles. The van der Waals surface area contributed by atoms with E-state index in [0.717, 1.165) is 12.8 Å². The first-order valence-electron chi connectivity index (χ1n) is 5.51. The lowest BCUT2D eigenvalue weighted by Gasteiger charge is -2.31. The second-order valence-corrected chi connectivity index (χ2v) is 3.88. The molecule has 2 rings (SSSR count). The lowest BCUT2D eigenvalue weighted by molar-refractivity contribution is -0.129. The first kappa shape index (κ1) is 10.6. The molecule has 0 unspecified atom stereocenters. The maximum atomic E-state index is 11.3. The van der Waals surface area contributed by atoms with Crippen LogP contribution in [0.15, 0.2) is 0 Å². The Bertz CT molecular complexity index is 183. The van der Waals surface area contributed by atoms with Gasteiger partial charge in [0.05, 0.1) is 0 Å². The highest BCUT2D eigenvalue weighted by Crippen LogP contribution is 2.42. The number of likely N-dealkylation sites (tertiary alicyclic amines) is 1. The average molecular weight is 183 g/mol. The molecule has 0 bridgehead atoms. The van der Waals surface area contributed by atoms with E-state index in [1.165, 1.54) is 25.7 Å². The maximum absolute atomic E-state index is 11.3. The lowest BCUT2D eigenvalue weighted by atomic mass is 9.95. The number of hydrogen-bond acceptors (Lipinski definition) is 1. The van der Waals surface area contributed by atoms with E-state index in [-0.39, 0.29) is 0 Å². The normalized spacial score (nSPS) is 24.8. The number of rotatable bonds is 0. The summed E-state index contributed by atoms with van der Waals surface area (Å²) in [6.07, 6.45) is 7.03. The van der Waals surface area contributed by atoms with Gasteiger partial charge < -0.3 is 4.90 Å². The first-order chi connectivity index (χ1) is 6.25. The molecule has 1 aliphatic heterocycles. The van der Waals surface area contributed by atoms with E-state index in [2.05, 4.69) is 0 Å². The van der Waals surface area contributed by atoms with Gasteiger partial charge in [-0.15, -0.1) is 0 Å². The topological polar surface area (TPSA) is 20.3 Å². The highest BCUT2D eigenvalue weighted by atomic mass is 16.2. The number of nitrogens with zero attached hydrogens (tertiary/aromatic N) is 1. The van der Waals surface area contributed by atoms with Crippen LogP contribution in [0.2, 0.25) is 0 Å². The van der Waals surface area contributed by atoms with E-state index in [4.69, 9.17) is 0 Å². The van der Waals surface area contributed by atoms with Gasteiger partial charge in [0, 0.05) is 19.0 Å². The minimum atomic E-state index is 0.303. The summed E-state index contributed by atoms with van der Waals surface area (Å²) in [6, 6.07) is 0. The molecule has 0 atom stereocenters. The SMILES string of the molecule is CC.CN1C(=O)CCC12CCCC2. The Kier molecular flexibility index (Phi) is 3.34. The summed E-state index contributed by atoms with van der Waals surface area (Å²) >= 11 is 0. The van der Waals surface area contributed by atoms with Crippen LogP contribution in [0.5, 0.6) is 0 Å².